The number of rotatable bonds is 3. The highest BCUT2D eigenvalue weighted by Crippen LogP contribution is 2.34. The van der Waals surface area contributed by atoms with Crippen molar-refractivity contribution in [2.45, 2.75) is 12.1 Å². The summed E-state index contributed by atoms with van der Waals surface area (Å²) in [7, 11) is 1.62. The molecule has 0 spiro atoms. The van der Waals surface area contributed by atoms with Gasteiger partial charge in [-0.3, -0.25) is 9.59 Å². The molecule has 1 aliphatic heterocycles. The molecule has 1 aliphatic rings. The second-order valence-corrected chi connectivity index (χ2v) is 6.33. The van der Waals surface area contributed by atoms with E-state index in [2.05, 4.69) is 0 Å². The smallest absolute Gasteiger partial charge is 0.254 e. The number of pyridine rings is 1. The summed E-state index contributed by atoms with van der Waals surface area (Å²) in [6, 6.07) is 9.58. The van der Waals surface area contributed by atoms with Crippen LogP contribution in [0.4, 0.5) is 0 Å². The lowest BCUT2D eigenvalue weighted by molar-refractivity contribution is -0.0811. The van der Waals surface area contributed by atoms with E-state index in [4.69, 9.17) is 16.3 Å². The predicted molar refractivity (Wildman–Crippen MR) is 93.7 cm³/mol. The van der Waals surface area contributed by atoms with Gasteiger partial charge in [-0.05, 0) is 17.7 Å². The second kappa shape index (κ2) is 7.39. The first-order valence-corrected chi connectivity index (χ1v) is 8.35. The van der Waals surface area contributed by atoms with Crippen molar-refractivity contribution in [1.29, 1.82) is 0 Å². The van der Waals surface area contributed by atoms with E-state index in [0.717, 1.165) is 0 Å². The van der Waals surface area contributed by atoms with E-state index in [0.29, 0.717) is 29.3 Å². The number of hydrogen-bond donors (Lipinski definition) is 1. The number of aliphatic hydroxyl groups excluding tert-OH is 1. The molecular weight excluding hydrogens is 344 g/mol. The maximum Gasteiger partial charge on any atom is 0.254 e. The Balaban J connectivity index is 2.02. The Kier molecular flexibility index (Phi) is 5.22. The Bertz CT molecular complexity index is 836. The van der Waals surface area contributed by atoms with Crippen LogP contribution in [0, 0.1) is 0 Å². The summed E-state index contributed by atoms with van der Waals surface area (Å²) < 4.78 is 7.04. The van der Waals surface area contributed by atoms with E-state index >= 15 is 0 Å². The van der Waals surface area contributed by atoms with Gasteiger partial charge in [-0.25, -0.2) is 0 Å². The molecule has 6 nitrogen and oxygen atoms in total. The molecule has 1 N–H and O–H groups in total. The molecule has 2 atom stereocenters. The first kappa shape index (κ1) is 17.7. The fourth-order valence-electron chi connectivity index (χ4n) is 3.04. The van der Waals surface area contributed by atoms with Gasteiger partial charge >= 0.3 is 0 Å². The zero-order valence-electron chi connectivity index (χ0n) is 13.8. The van der Waals surface area contributed by atoms with Gasteiger partial charge in [0, 0.05) is 36.4 Å². The summed E-state index contributed by atoms with van der Waals surface area (Å²) in [5.74, 6) is -0.288. The highest BCUT2D eigenvalue weighted by molar-refractivity contribution is 6.31. The number of benzene rings is 1. The van der Waals surface area contributed by atoms with Crippen molar-refractivity contribution in [3.63, 3.8) is 0 Å². The van der Waals surface area contributed by atoms with Crippen LogP contribution in [-0.4, -0.2) is 46.3 Å². The van der Waals surface area contributed by atoms with Gasteiger partial charge in [0.25, 0.3) is 11.5 Å². The van der Waals surface area contributed by atoms with Gasteiger partial charge in [0.15, 0.2) is 0 Å². The number of aryl methyl sites for hydroxylation is 1. The molecule has 1 amide bonds. The molecule has 0 unspecified atom stereocenters. The summed E-state index contributed by atoms with van der Waals surface area (Å²) in [6.45, 7) is 0.416. The SMILES string of the molecule is Cn1ccc(C(=O)N2CCO[C@@H](CO)[C@@H]2c2ccccc2Cl)cc1=O. The lowest BCUT2D eigenvalue weighted by Gasteiger charge is -2.41. The highest BCUT2D eigenvalue weighted by atomic mass is 35.5. The maximum absolute atomic E-state index is 13.0. The predicted octanol–water partition coefficient (Wildman–Crippen LogP) is 1.61. The Labute approximate surface area is 150 Å². The molecule has 2 heterocycles. The summed E-state index contributed by atoms with van der Waals surface area (Å²) in [4.78, 5) is 26.5. The third kappa shape index (κ3) is 3.46. The standard InChI is InChI=1S/C18H19ClN2O4/c1-20-7-6-12(10-16(20)23)18(24)21-8-9-25-15(11-22)17(21)13-4-2-3-5-14(13)19/h2-7,10,15,17,22H,8-9,11H2,1H3/t15-,17-/m0/s1. The summed E-state index contributed by atoms with van der Waals surface area (Å²) >= 11 is 6.31. The van der Waals surface area contributed by atoms with Crippen molar-refractivity contribution in [2.75, 3.05) is 19.8 Å². The Morgan fingerprint density at radius 1 is 1.36 bits per heavy atom. The molecule has 0 aliphatic carbocycles. The van der Waals surface area contributed by atoms with E-state index < -0.39 is 12.1 Å². The molecule has 3 rings (SSSR count). The first-order valence-electron chi connectivity index (χ1n) is 7.97. The molecular formula is C18H19ClN2O4. The largest absolute Gasteiger partial charge is 0.394 e. The molecule has 2 aromatic rings. The number of aliphatic hydroxyl groups is 1. The summed E-state index contributed by atoms with van der Waals surface area (Å²) in [5, 5.41) is 10.2. The van der Waals surface area contributed by atoms with Crippen molar-refractivity contribution < 1.29 is 14.6 Å². The van der Waals surface area contributed by atoms with E-state index in [-0.39, 0.29) is 18.1 Å². The molecule has 1 aromatic carbocycles. The monoisotopic (exact) mass is 362 g/mol. The normalized spacial score (nSPS) is 20.5. The van der Waals surface area contributed by atoms with Gasteiger partial charge in [-0.2, -0.15) is 0 Å². The van der Waals surface area contributed by atoms with Crippen LogP contribution in [0.1, 0.15) is 22.0 Å². The number of carbonyl (C=O) groups excluding carboxylic acids is 1. The minimum Gasteiger partial charge on any atom is -0.394 e. The Morgan fingerprint density at radius 2 is 2.12 bits per heavy atom. The average molecular weight is 363 g/mol. The van der Waals surface area contributed by atoms with Gasteiger partial charge in [0.2, 0.25) is 0 Å². The zero-order chi connectivity index (χ0) is 18.0. The van der Waals surface area contributed by atoms with Crippen LogP contribution < -0.4 is 5.56 Å². The van der Waals surface area contributed by atoms with E-state index in [1.807, 2.05) is 12.1 Å². The third-order valence-electron chi connectivity index (χ3n) is 4.37. The van der Waals surface area contributed by atoms with Crippen LogP contribution >= 0.6 is 11.6 Å². The highest BCUT2D eigenvalue weighted by Gasteiger charge is 2.37. The van der Waals surface area contributed by atoms with Crippen molar-refractivity contribution >= 4 is 17.5 Å². The number of halogens is 1. The lowest BCUT2D eigenvalue weighted by Crippen LogP contribution is -2.49. The van der Waals surface area contributed by atoms with Crippen LogP contribution in [0.25, 0.3) is 0 Å². The summed E-state index contributed by atoms with van der Waals surface area (Å²) in [6.07, 6.45) is 0.980. The second-order valence-electron chi connectivity index (χ2n) is 5.92. The van der Waals surface area contributed by atoms with Crippen LogP contribution in [-0.2, 0) is 11.8 Å². The van der Waals surface area contributed by atoms with Crippen molar-refractivity contribution in [1.82, 2.24) is 9.47 Å². The van der Waals surface area contributed by atoms with Crippen molar-refractivity contribution in [2.24, 2.45) is 7.05 Å². The average Bonchev–Trinajstić information content (AvgIpc) is 2.63. The Morgan fingerprint density at radius 3 is 2.80 bits per heavy atom. The minimum absolute atomic E-state index is 0.240. The van der Waals surface area contributed by atoms with Crippen LogP contribution in [0.2, 0.25) is 5.02 Å². The molecule has 132 valence electrons. The van der Waals surface area contributed by atoms with Crippen LogP contribution in [0.3, 0.4) is 0 Å². The number of aromatic nitrogens is 1. The molecule has 1 saturated heterocycles. The summed E-state index contributed by atoms with van der Waals surface area (Å²) in [5.41, 5.74) is 0.756. The van der Waals surface area contributed by atoms with Gasteiger partial charge < -0.3 is 19.3 Å². The lowest BCUT2D eigenvalue weighted by atomic mass is 9.97. The number of carbonyl (C=O) groups is 1. The van der Waals surface area contributed by atoms with E-state index in [1.165, 1.54) is 10.6 Å². The van der Waals surface area contributed by atoms with Crippen molar-refractivity contribution in [3.05, 3.63) is 69.1 Å². The molecule has 1 aromatic heterocycles. The number of ether oxygens (including phenoxy) is 1. The van der Waals surface area contributed by atoms with Gasteiger partial charge in [-0.15, -0.1) is 0 Å². The van der Waals surface area contributed by atoms with Crippen LogP contribution in [0.5, 0.6) is 0 Å². The third-order valence-corrected chi connectivity index (χ3v) is 4.71. The Hall–Kier alpha value is -2.15. The number of amides is 1. The molecule has 1 fully saturated rings. The molecule has 7 heteroatoms. The first-order chi connectivity index (χ1) is 12.0. The van der Waals surface area contributed by atoms with E-state index in [1.54, 1.807) is 36.3 Å². The molecule has 0 radical (unpaired) electrons. The minimum atomic E-state index is -0.579. The number of morpholine rings is 1. The number of nitrogens with zero attached hydrogens (tertiary/aromatic N) is 2. The zero-order valence-corrected chi connectivity index (χ0v) is 14.5. The van der Waals surface area contributed by atoms with Gasteiger partial charge in [0.1, 0.15) is 6.10 Å². The van der Waals surface area contributed by atoms with Crippen molar-refractivity contribution in [3.8, 4) is 0 Å². The molecule has 0 bridgehead atoms. The fourth-order valence-corrected chi connectivity index (χ4v) is 3.29. The fraction of sp³-hybridized carbons (Fsp3) is 0.333. The number of hydrogen-bond acceptors (Lipinski definition) is 4. The molecule has 0 saturated carbocycles. The van der Waals surface area contributed by atoms with Crippen LogP contribution in [0.15, 0.2) is 47.4 Å². The topological polar surface area (TPSA) is 71.8 Å². The van der Waals surface area contributed by atoms with Gasteiger partial charge in [0.05, 0.1) is 19.3 Å². The van der Waals surface area contributed by atoms with Gasteiger partial charge in [-0.1, -0.05) is 29.8 Å². The van der Waals surface area contributed by atoms with E-state index in [9.17, 15) is 14.7 Å². The quantitative estimate of drug-likeness (QED) is 0.900. The molecule has 25 heavy (non-hydrogen) atoms. The maximum atomic E-state index is 13.0.